The van der Waals surface area contributed by atoms with E-state index in [9.17, 15) is 9.90 Å². The molecule has 0 bridgehead atoms. The van der Waals surface area contributed by atoms with Crippen LogP contribution in [-0.2, 0) is 0 Å². The minimum atomic E-state index is -3.12. The fourth-order valence-electron chi connectivity index (χ4n) is 0.724. The van der Waals surface area contributed by atoms with Gasteiger partial charge in [-0.05, 0) is 23.6 Å². The maximum atomic E-state index is 11.2. The number of aromatic hydroxyl groups is 1. The van der Waals surface area contributed by atoms with E-state index >= 15 is 0 Å². The number of rotatable bonds is 1. The van der Waals surface area contributed by atoms with Crippen LogP contribution in [0.1, 0.15) is 34.8 Å². The summed E-state index contributed by atoms with van der Waals surface area (Å²) in [6.07, 6.45) is 0. The summed E-state index contributed by atoms with van der Waals surface area (Å²) < 4.78 is 51.6. The Morgan fingerprint density at radius 3 is 2.75 bits per heavy atom. The summed E-state index contributed by atoms with van der Waals surface area (Å²) >= 11 is 0. The fourth-order valence-corrected chi connectivity index (χ4v) is 0.724. The Labute approximate surface area is 81.3 Å². The Kier molecular flexibility index (Phi) is 0.906. The van der Waals surface area contributed by atoms with Crippen molar-refractivity contribution in [3.8, 4) is 5.75 Å². The third kappa shape index (κ3) is 1.84. The monoisotopic (exact) mass is 171 g/mol. The molecule has 1 aromatic carbocycles. The molecule has 64 valence electrons. The van der Waals surface area contributed by atoms with Gasteiger partial charge >= 0.3 is 0 Å². The lowest BCUT2D eigenvalue weighted by Gasteiger charge is -1.99. The molecule has 0 aliphatic rings. The summed E-state index contributed by atoms with van der Waals surface area (Å²) in [6, 6.07) is 3.63. The normalized spacial score (nSPS) is 21.8. The Morgan fingerprint density at radius 1 is 1.42 bits per heavy atom. The minimum Gasteiger partial charge on any atom is -0.504 e. The van der Waals surface area contributed by atoms with E-state index in [1.807, 2.05) is 0 Å². The van der Waals surface area contributed by atoms with E-state index in [0.29, 0.717) is 0 Å². The van der Waals surface area contributed by atoms with Crippen LogP contribution in [0.5, 0.6) is 5.75 Å². The first-order valence-electron chi connectivity index (χ1n) is 6.75. The van der Waals surface area contributed by atoms with Crippen molar-refractivity contribution >= 4 is 0 Å². The van der Waals surface area contributed by atoms with Crippen molar-refractivity contribution in [2.24, 2.45) is 0 Å². The molecule has 2 nitrogen and oxygen atoms in total. The molecule has 0 atom stereocenters. The molecular weight excluding hydrogens is 152 g/mol. The lowest BCUT2D eigenvalue weighted by molar-refractivity contribution is 0.471. The van der Waals surface area contributed by atoms with Gasteiger partial charge in [-0.15, -0.1) is 0 Å². The Hall–Kier alpha value is -1.31. The minimum absolute atomic E-state index is 0.384. The molecule has 0 saturated carbocycles. The molecule has 0 saturated heterocycles. The zero-order chi connectivity index (χ0) is 15.1. The predicted octanol–water partition coefficient (Wildman–Crippen LogP) is 1.88. The molecule has 0 spiro atoms. The predicted molar refractivity (Wildman–Crippen MR) is 48.5 cm³/mol. The highest BCUT2D eigenvalue weighted by atomic mass is 16.3. The van der Waals surface area contributed by atoms with Crippen LogP contribution in [0.2, 0.25) is 0 Å². The van der Waals surface area contributed by atoms with E-state index in [0.717, 1.165) is 24.3 Å². The quantitative estimate of drug-likeness (QED) is 0.700. The zero-order valence-corrected chi connectivity index (χ0v) is 6.16. The van der Waals surface area contributed by atoms with Crippen molar-refractivity contribution in [1.29, 1.82) is 0 Å². The van der Waals surface area contributed by atoms with Crippen LogP contribution >= 0.6 is 0 Å². The molecule has 0 aliphatic heterocycles. The van der Waals surface area contributed by atoms with E-state index in [1.54, 1.807) is 0 Å². The molecule has 0 aromatic heterocycles. The van der Waals surface area contributed by atoms with Crippen molar-refractivity contribution in [3.05, 3.63) is 40.1 Å². The molecule has 0 heterocycles. The third-order valence-electron chi connectivity index (χ3n) is 1.38. The summed E-state index contributed by atoms with van der Waals surface area (Å²) in [5, 5.41) is 9.22. The van der Waals surface area contributed by atoms with Crippen molar-refractivity contribution in [2.75, 3.05) is 0 Å². The standard InChI is InChI=1S/C10H12O2/c1-7(2)8-3-5-9(11)10(12)6-4-8/h3-7H,1-2H3,(H,11,12)/i1D3,2D3,7D. The first-order chi connectivity index (χ1) is 8.41. The van der Waals surface area contributed by atoms with Crippen LogP contribution in [0.15, 0.2) is 29.1 Å². The second-order valence-electron chi connectivity index (χ2n) is 2.25. The van der Waals surface area contributed by atoms with E-state index in [1.165, 1.54) is 0 Å². The van der Waals surface area contributed by atoms with Gasteiger partial charge in [0.2, 0.25) is 5.43 Å². The van der Waals surface area contributed by atoms with Crippen LogP contribution in [0, 0.1) is 0 Å². The van der Waals surface area contributed by atoms with Crippen molar-refractivity contribution < 1.29 is 14.7 Å². The number of hydrogen-bond acceptors (Lipinski definition) is 2. The van der Waals surface area contributed by atoms with E-state index in [4.69, 9.17) is 9.60 Å². The van der Waals surface area contributed by atoms with Gasteiger partial charge in [-0.25, -0.2) is 0 Å². The molecule has 0 fully saturated rings. The average Bonchev–Trinajstić information content (AvgIpc) is 2.38. The summed E-state index contributed by atoms with van der Waals surface area (Å²) in [5.74, 6) is -3.53. The van der Waals surface area contributed by atoms with Crippen molar-refractivity contribution in [1.82, 2.24) is 0 Å². The van der Waals surface area contributed by atoms with Gasteiger partial charge in [-0.1, -0.05) is 25.8 Å². The molecule has 2 heteroatoms. The summed E-state index contributed by atoms with van der Waals surface area (Å²) in [6.45, 7) is -6.24. The summed E-state index contributed by atoms with van der Waals surface area (Å²) in [4.78, 5) is 11.2. The highest BCUT2D eigenvalue weighted by Crippen LogP contribution is 2.12. The van der Waals surface area contributed by atoms with Crippen LogP contribution in [0.3, 0.4) is 0 Å². The third-order valence-corrected chi connectivity index (χ3v) is 1.38. The van der Waals surface area contributed by atoms with Gasteiger partial charge in [0, 0.05) is 9.60 Å². The molecule has 0 aliphatic carbocycles. The van der Waals surface area contributed by atoms with Crippen LogP contribution < -0.4 is 5.43 Å². The van der Waals surface area contributed by atoms with Crippen LogP contribution in [0.25, 0.3) is 0 Å². The SMILES string of the molecule is [2H]C([2H])([2H])C([2H])(c1ccc(O)c(=O)cc1)C([2H])([2H])[2H]. The van der Waals surface area contributed by atoms with Gasteiger partial charge in [0.25, 0.3) is 0 Å². The topological polar surface area (TPSA) is 37.3 Å². The molecule has 1 N–H and O–H groups in total. The van der Waals surface area contributed by atoms with Crippen molar-refractivity contribution in [3.63, 3.8) is 0 Å². The maximum Gasteiger partial charge on any atom is 0.220 e. The Morgan fingerprint density at radius 2 is 2.08 bits per heavy atom. The average molecular weight is 171 g/mol. The lowest BCUT2D eigenvalue weighted by atomic mass is 10.1. The lowest BCUT2D eigenvalue weighted by Crippen LogP contribution is -1.91. The Balaban J connectivity index is 3.62. The van der Waals surface area contributed by atoms with Crippen molar-refractivity contribution in [2.45, 2.75) is 19.6 Å². The van der Waals surface area contributed by atoms with Gasteiger partial charge in [0.1, 0.15) is 0 Å². The van der Waals surface area contributed by atoms with E-state index in [-0.39, 0.29) is 5.56 Å². The van der Waals surface area contributed by atoms with Gasteiger partial charge in [-0.2, -0.15) is 0 Å². The molecule has 12 heavy (non-hydrogen) atoms. The Bertz CT molecular complexity index is 519. The van der Waals surface area contributed by atoms with Crippen LogP contribution in [0.4, 0.5) is 0 Å². The first kappa shape index (κ1) is 3.21. The van der Waals surface area contributed by atoms with E-state index < -0.39 is 30.8 Å². The molecule has 1 rings (SSSR count). The maximum absolute atomic E-state index is 11.2. The van der Waals surface area contributed by atoms with Crippen LogP contribution in [-0.4, -0.2) is 5.11 Å². The van der Waals surface area contributed by atoms with Gasteiger partial charge in [0.15, 0.2) is 5.75 Å². The summed E-state index contributed by atoms with van der Waals surface area (Å²) in [7, 11) is 0. The first-order valence-corrected chi connectivity index (χ1v) is 3.25. The molecule has 1 aromatic rings. The van der Waals surface area contributed by atoms with Gasteiger partial charge in [0.05, 0.1) is 0 Å². The second-order valence-corrected chi connectivity index (χ2v) is 2.25. The van der Waals surface area contributed by atoms with Gasteiger partial charge < -0.3 is 5.11 Å². The highest BCUT2D eigenvalue weighted by Gasteiger charge is 1.97. The highest BCUT2D eigenvalue weighted by molar-refractivity contribution is 5.25. The zero-order valence-electron chi connectivity index (χ0n) is 13.2. The number of hydrogen-bond donors (Lipinski definition) is 1. The molecule has 0 amide bonds. The molecular formula is C10H12O2. The molecule has 0 unspecified atom stereocenters. The van der Waals surface area contributed by atoms with Gasteiger partial charge in [-0.3, -0.25) is 4.79 Å². The second kappa shape index (κ2) is 3.39. The molecule has 0 radical (unpaired) electrons. The smallest absolute Gasteiger partial charge is 0.220 e. The fraction of sp³-hybridized carbons (Fsp3) is 0.300. The summed E-state index contributed by atoms with van der Waals surface area (Å²) in [5.41, 5.74) is -1.17. The largest absolute Gasteiger partial charge is 0.504 e. The van der Waals surface area contributed by atoms with E-state index in [2.05, 4.69) is 0 Å².